The Hall–Kier alpha value is -1.08. The van der Waals surface area contributed by atoms with E-state index in [1.807, 2.05) is 0 Å². The number of piperidine rings is 1. The average molecular weight is 289 g/mol. The number of nitrogens with zero attached hydrogens (tertiary/aromatic N) is 2. The van der Waals surface area contributed by atoms with Crippen LogP contribution in [0.2, 0.25) is 0 Å². The lowest BCUT2D eigenvalue weighted by Crippen LogP contribution is -2.39. The molecule has 0 aliphatic carbocycles. The van der Waals surface area contributed by atoms with Crippen LogP contribution in [0.15, 0.2) is 4.52 Å². The first-order valence-corrected chi connectivity index (χ1v) is 7.06. The van der Waals surface area contributed by atoms with Crippen LogP contribution < -0.4 is 5.32 Å². The van der Waals surface area contributed by atoms with E-state index in [1.54, 1.807) is 0 Å². The lowest BCUT2D eigenvalue weighted by molar-refractivity contribution is 0.0182. The van der Waals surface area contributed by atoms with Crippen LogP contribution in [0, 0.1) is 0 Å². The van der Waals surface area contributed by atoms with Crippen molar-refractivity contribution >= 4 is 0 Å². The van der Waals surface area contributed by atoms with Gasteiger partial charge in [-0.25, -0.2) is 8.78 Å². The molecule has 0 amide bonds. The van der Waals surface area contributed by atoms with Crippen molar-refractivity contribution in [3.63, 3.8) is 0 Å². The van der Waals surface area contributed by atoms with Crippen molar-refractivity contribution in [2.45, 2.75) is 44.4 Å². The number of ether oxygens (including phenoxy) is 1. The molecule has 1 fully saturated rings. The van der Waals surface area contributed by atoms with Gasteiger partial charge in [0.1, 0.15) is 6.61 Å². The molecule has 0 bridgehead atoms. The smallest absolute Gasteiger partial charge is 0.261 e. The summed E-state index contributed by atoms with van der Waals surface area (Å²) in [6.45, 7) is 3.66. The van der Waals surface area contributed by atoms with E-state index in [0.29, 0.717) is 18.1 Å². The summed E-state index contributed by atoms with van der Waals surface area (Å²) in [5, 5.41) is 7.25. The summed E-state index contributed by atoms with van der Waals surface area (Å²) in [7, 11) is 0. The fourth-order valence-corrected chi connectivity index (χ4v) is 2.53. The molecule has 114 valence electrons. The first kappa shape index (κ1) is 15.3. The van der Waals surface area contributed by atoms with Crippen molar-refractivity contribution in [2.24, 2.45) is 0 Å². The summed E-state index contributed by atoms with van der Waals surface area (Å²) in [6.07, 6.45) is 0.876. The Labute approximate surface area is 117 Å². The summed E-state index contributed by atoms with van der Waals surface area (Å²) in [6, 6.07) is 0. The van der Waals surface area contributed by atoms with E-state index in [0.717, 1.165) is 32.4 Å². The molecule has 0 spiro atoms. The van der Waals surface area contributed by atoms with Crippen LogP contribution in [-0.2, 0) is 16.6 Å². The molecular formula is C13H21F2N3O2. The van der Waals surface area contributed by atoms with Crippen molar-refractivity contribution in [1.82, 2.24) is 15.5 Å². The summed E-state index contributed by atoms with van der Waals surface area (Å²) in [5.41, 5.74) is -0.0413. The minimum Gasteiger partial charge on any atom is -0.375 e. The Morgan fingerprint density at radius 2 is 2.15 bits per heavy atom. The van der Waals surface area contributed by atoms with Gasteiger partial charge in [0.15, 0.2) is 5.82 Å². The van der Waals surface area contributed by atoms with Gasteiger partial charge in [-0.05, 0) is 32.4 Å². The van der Waals surface area contributed by atoms with Crippen LogP contribution in [0.1, 0.15) is 37.9 Å². The van der Waals surface area contributed by atoms with Gasteiger partial charge in [0.25, 0.3) is 6.43 Å². The van der Waals surface area contributed by atoms with Gasteiger partial charge in [0.05, 0.1) is 12.0 Å². The first-order valence-electron chi connectivity index (χ1n) is 7.06. The normalized spacial score (nSPS) is 18.6. The molecule has 0 radical (unpaired) electrons. The van der Waals surface area contributed by atoms with Crippen LogP contribution >= 0.6 is 0 Å². The van der Waals surface area contributed by atoms with Crippen LogP contribution in [-0.4, -0.2) is 42.9 Å². The minimum atomic E-state index is -2.44. The Balaban J connectivity index is 1.90. The monoisotopic (exact) mass is 289 g/mol. The third-order valence-electron chi connectivity index (χ3n) is 3.87. The maximum atomic E-state index is 11.9. The number of rotatable bonds is 7. The second-order valence-corrected chi connectivity index (χ2v) is 5.12. The van der Waals surface area contributed by atoms with Crippen molar-refractivity contribution in [1.29, 1.82) is 0 Å². The molecule has 0 atom stereocenters. The fraction of sp³-hybridized carbons (Fsp3) is 0.846. The number of halogens is 2. The molecule has 2 rings (SSSR count). The van der Waals surface area contributed by atoms with E-state index in [9.17, 15) is 8.78 Å². The molecule has 1 aromatic rings. The van der Waals surface area contributed by atoms with Gasteiger partial charge in [0.2, 0.25) is 5.89 Å². The van der Waals surface area contributed by atoms with Gasteiger partial charge in [-0.1, -0.05) is 12.1 Å². The minimum absolute atomic E-state index is 0.0413. The summed E-state index contributed by atoms with van der Waals surface area (Å²) < 4.78 is 34.1. The fourth-order valence-electron chi connectivity index (χ4n) is 2.53. The summed E-state index contributed by atoms with van der Waals surface area (Å²) >= 11 is 0. The zero-order chi connectivity index (χ0) is 14.4. The van der Waals surface area contributed by atoms with E-state index in [2.05, 4.69) is 22.4 Å². The number of nitrogens with one attached hydrogen (secondary N) is 1. The quantitative estimate of drug-likeness (QED) is 0.777. The lowest BCUT2D eigenvalue weighted by atomic mass is 9.76. The third-order valence-corrected chi connectivity index (χ3v) is 3.87. The molecule has 7 heteroatoms. The first-order chi connectivity index (χ1) is 9.66. The van der Waals surface area contributed by atoms with Gasteiger partial charge in [-0.15, -0.1) is 0 Å². The number of hydrogen-bond donors (Lipinski definition) is 1. The van der Waals surface area contributed by atoms with Crippen LogP contribution in [0.4, 0.5) is 8.78 Å². The molecule has 0 saturated carbocycles. The number of alkyl halides is 2. The molecule has 1 aromatic heterocycles. The largest absolute Gasteiger partial charge is 0.375 e. The Morgan fingerprint density at radius 3 is 2.80 bits per heavy atom. The van der Waals surface area contributed by atoms with Crippen molar-refractivity contribution in [3.8, 4) is 0 Å². The Kier molecular flexibility index (Phi) is 5.42. The second kappa shape index (κ2) is 7.08. The highest BCUT2D eigenvalue weighted by Crippen LogP contribution is 2.35. The zero-order valence-corrected chi connectivity index (χ0v) is 11.7. The zero-order valence-electron chi connectivity index (χ0n) is 11.7. The summed E-state index contributed by atoms with van der Waals surface area (Å²) in [5.74, 6) is 1.20. The lowest BCUT2D eigenvalue weighted by Gasteiger charge is -2.33. The summed E-state index contributed by atoms with van der Waals surface area (Å²) in [4.78, 5) is 4.42. The molecule has 2 heterocycles. The standard InChI is InChI=1S/C13H21F2N3O2/c1-2-13(4-6-16-7-5-13)12-17-11(18-20-12)3-8-19-9-10(14)15/h10,16H,2-9H2,1H3. The predicted octanol–water partition coefficient (Wildman–Crippen LogP) is 1.93. The van der Waals surface area contributed by atoms with E-state index >= 15 is 0 Å². The van der Waals surface area contributed by atoms with Crippen molar-refractivity contribution < 1.29 is 18.0 Å². The molecule has 1 aliphatic heterocycles. The molecular weight excluding hydrogens is 268 g/mol. The Bertz CT molecular complexity index is 406. The SMILES string of the molecule is CCC1(c2nc(CCOCC(F)F)no2)CCNCC1. The predicted molar refractivity (Wildman–Crippen MR) is 68.9 cm³/mol. The van der Waals surface area contributed by atoms with Gasteiger partial charge < -0.3 is 14.6 Å². The maximum Gasteiger partial charge on any atom is 0.261 e. The Morgan fingerprint density at radius 1 is 1.40 bits per heavy atom. The van der Waals surface area contributed by atoms with E-state index in [4.69, 9.17) is 9.26 Å². The van der Waals surface area contributed by atoms with Gasteiger partial charge in [-0.2, -0.15) is 4.98 Å². The third kappa shape index (κ3) is 3.73. The number of aromatic nitrogens is 2. The van der Waals surface area contributed by atoms with Gasteiger partial charge in [-0.3, -0.25) is 0 Å². The van der Waals surface area contributed by atoms with Crippen LogP contribution in [0.5, 0.6) is 0 Å². The maximum absolute atomic E-state index is 11.9. The highest BCUT2D eigenvalue weighted by atomic mass is 19.3. The van der Waals surface area contributed by atoms with E-state index in [-0.39, 0.29) is 12.0 Å². The molecule has 5 nitrogen and oxygen atoms in total. The second-order valence-electron chi connectivity index (χ2n) is 5.12. The van der Waals surface area contributed by atoms with E-state index < -0.39 is 13.0 Å². The van der Waals surface area contributed by atoms with Crippen LogP contribution in [0.3, 0.4) is 0 Å². The van der Waals surface area contributed by atoms with Crippen molar-refractivity contribution in [3.05, 3.63) is 11.7 Å². The average Bonchev–Trinajstić information content (AvgIpc) is 2.93. The molecule has 1 aliphatic rings. The van der Waals surface area contributed by atoms with Crippen LogP contribution in [0.25, 0.3) is 0 Å². The topological polar surface area (TPSA) is 60.2 Å². The van der Waals surface area contributed by atoms with Gasteiger partial charge in [0, 0.05) is 6.42 Å². The molecule has 20 heavy (non-hydrogen) atoms. The molecule has 1 N–H and O–H groups in total. The van der Waals surface area contributed by atoms with Gasteiger partial charge >= 0.3 is 0 Å². The number of hydrogen-bond acceptors (Lipinski definition) is 5. The molecule has 1 saturated heterocycles. The van der Waals surface area contributed by atoms with Crippen molar-refractivity contribution in [2.75, 3.05) is 26.3 Å². The highest BCUT2D eigenvalue weighted by Gasteiger charge is 2.37. The molecule has 0 unspecified atom stereocenters. The van der Waals surface area contributed by atoms with E-state index in [1.165, 1.54) is 0 Å². The highest BCUT2D eigenvalue weighted by molar-refractivity contribution is 5.07. The molecule has 0 aromatic carbocycles.